The summed E-state index contributed by atoms with van der Waals surface area (Å²) in [6.07, 6.45) is 1.22. The number of carbonyl (C=O) groups is 1. The predicted octanol–water partition coefficient (Wildman–Crippen LogP) is 0.825. The van der Waals surface area contributed by atoms with Crippen LogP contribution in [-0.2, 0) is 10.2 Å². The third kappa shape index (κ3) is 4.68. The number of aromatic carboxylic acids is 1. The first-order valence-corrected chi connectivity index (χ1v) is 6.58. The molecule has 0 atom stereocenters. The largest absolute Gasteiger partial charge is 0.478 e. The highest BCUT2D eigenvalue weighted by atomic mass is 32.2. The minimum Gasteiger partial charge on any atom is -0.478 e. The molecule has 0 amide bonds. The van der Waals surface area contributed by atoms with Gasteiger partial charge in [-0.2, -0.15) is 13.1 Å². The molecule has 1 aromatic rings. The van der Waals surface area contributed by atoms with Gasteiger partial charge in [0, 0.05) is 11.7 Å². The summed E-state index contributed by atoms with van der Waals surface area (Å²) >= 11 is 0. The Kier molecular flexibility index (Phi) is 3.92. The van der Waals surface area contributed by atoms with E-state index in [1.54, 1.807) is 20.8 Å². The van der Waals surface area contributed by atoms with E-state index in [2.05, 4.69) is 14.4 Å². The van der Waals surface area contributed by atoms with Crippen molar-refractivity contribution in [1.29, 1.82) is 0 Å². The summed E-state index contributed by atoms with van der Waals surface area (Å²) in [4.78, 5) is 14.5. The van der Waals surface area contributed by atoms with Crippen molar-refractivity contribution in [3.8, 4) is 0 Å². The molecular weight excluding hydrogens is 258 g/mol. The Morgan fingerprint density at radius 2 is 2.00 bits per heavy atom. The lowest BCUT2D eigenvalue weighted by Gasteiger charge is -2.20. The molecule has 18 heavy (non-hydrogen) atoms. The summed E-state index contributed by atoms with van der Waals surface area (Å²) in [6, 6.07) is 2.42. The smallest absolute Gasteiger partial charge is 0.335 e. The van der Waals surface area contributed by atoms with E-state index < -0.39 is 21.7 Å². The van der Waals surface area contributed by atoms with Crippen LogP contribution in [0.15, 0.2) is 18.3 Å². The number of nitrogens with one attached hydrogen (secondary N) is 2. The van der Waals surface area contributed by atoms with Crippen molar-refractivity contribution in [2.75, 3.05) is 4.72 Å². The molecule has 0 radical (unpaired) electrons. The van der Waals surface area contributed by atoms with E-state index in [1.807, 2.05) is 0 Å². The second kappa shape index (κ2) is 4.91. The molecule has 0 bridgehead atoms. The summed E-state index contributed by atoms with van der Waals surface area (Å²) in [5.41, 5.74) is -0.686. The van der Waals surface area contributed by atoms with Crippen molar-refractivity contribution in [3.05, 3.63) is 23.9 Å². The average Bonchev–Trinajstić information content (AvgIpc) is 2.12. The number of hydrogen-bond donors (Lipinski definition) is 3. The molecule has 0 aromatic carbocycles. The van der Waals surface area contributed by atoms with Crippen molar-refractivity contribution in [3.63, 3.8) is 0 Å². The predicted molar refractivity (Wildman–Crippen MR) is 66.6 cm³/mol. The van der Waals surface area contributed by atoms with Gasteiger partial charge in [-0.05, 0) is 32.9 Å². The van der Waals surface area contributed by atoms with Gasteiger partial charge in [-0.15, -0.1) is 0 Å². The van der Waals surface area contributed by atoms with Gasteiger partial charge < -0.3 is 5.11 Å². The van der Waals surface area contributed by atoms with E-state index in [9.17, 15) is 13.2 Å². The average molecular weight is 273 g/mol. The van der Waals surface area contributed by atoms with Crippen LogP contribution in [-0.4, -0.2) is 30.0 Å². The second-order valence-corrected chi connectivity index (χ2v) is 6.11. The first kappa shape index (κ1) is 14.4. The monoisotopic (exact) mass is 273 g/mol. The van der Waals surface area contributed by atoms with Gasteiger partial charge >= 0.3 is 16.2 Å². The number of anilines is 1. The molecule has 0 spiro atoms. The molecule has 8 heteroatoms. The van der Waals surface area contributed by atoms with Gasteiger partial charge in [0.1, 0.15) is 5.82 Å². The van der Waals surface area contributed by atoms with E-state index in [-0.39, 0.29) is 11.4 Å². The topological polar surface area (TPSA) is 108 Å². The van der Waals surface area contributed by atoms with Crippen LogP contribution < -0.4 is 9.44 Å². The highest BCUT2D eigenvalue weighted by molar-refractivity contribution is 7.90. The standard InChI is InChI=1S/C10H15N3O4S/c1-10(2,3)13-18(16,17)12-8-6-7(9(14)15)4-5-11-8/h4-6,13H,1-3H3,(H,11,12)(H,14,15). The maximum atomic E-state index is 11.7. The summed E-state index contributed by atoms with van der Waals surface area (Å²) in [5, 5.41) is 8.77. The lowest BCUT2D eigenvalue weighted by Crippen LogP contribution is -2.43. The lowest BCUT2D eigenvalue weighted by atomic mass is 10.1. The van der Waals surface area contributed by atoms with E-state index in [4.69, 9.17) is 5.11 Å². The first-order chi connectivity index (χ1) is 8.09. The molecule has 0 aliphatic carbocycles. The maximum absolute atomic E-state index is 11.7. The molecular formula is C10H15N3O4S. The third-order valence-corrected chi connectivity index (χ3v) is 3.05. The van der Waals surface area contributed by atoms with Crippen molar-refractivity contribution >= 4 is 22.0 Å². The van der Waals surface area contributed by atoms with Gasteiger partial charge in [-0.25, -0.2) is 9.78 Å². The van der Waals surface area contributed by atoms with Crippen molar-refractivity contribution < 1.29 is 18.3 Å². The van der Waals surface area contributed by atoms with Crippen molar-refractivity contribution in [1.82, 2.24) is 9.71 Å². The molecule has 100 valence electrons. The van der Waals surface area contributed by atoms with E-state index in [0.717, 1.165) is 6.07 Å². The number of nitrogens with zero attached hydrogens (tertiary/aromatic N) is 1. The Bertz CT molecular complexity index is 548. The molecule has 1 aromatic heterocycles. The van der Waals surface area contributed by atoms with E-state index in [1.165, 1.54) is 12.3 Å². The Morgan fingerprint density at radius 3 is 2.50 bits per heavy atom. The lowest BCUT2D eigenvalue weighted by molar-refractivity contribution is 0.0696. The molecule has 0 aliphatic heterocycles. The minimum atomic E-state index is -3.79. The highest BCUT2D eigenvalue weighted by Gasteiger charge is 2.20. The minimum absolute atomic E-state index is 0.0431. The number of hydrogen-bond acceptors (Lipinski definition) is 4. The van der Waals surface area contributed by atoms with E-state index in [0.29, 0.717) is 0 Å². The zero-order chi connectivity index (χ0) is 14.0. The van der Waals surface area contributed by atoms with Crippen molar-refractivity contribution in [2.45, 2.75) is 26.3 Å². The van der Waals surface area contributed by atoms with Crippen LogP contribution in [0.25, 0.3) is 0 Å². The van der Waals surface area contributed by atoms with Gasteiger partial charge in [0.25, 0.3) is 0 Å². The highest BCUT2D eigenvalue weighted by Crippen LogP contribution is 2.10. The Labute approximate surface area is 105 Å². The summed E-state index contributed by atoms with van der Waals surface area (Å²) in [5.74, 6) is -1.20. The summed E-state index contributed by atoms with van der Waals surface area (Å²) in [6.45, 7) is 5.06. The van der Waals surface area contributed by atoms with Crippen LogP contribution in [0.1, 0.15) is 31.1 Å². The molecule has 0 fully saturated rings. The van der Waals surface area contributed by atoms with Gasteiger partial charge in [-0.1, -0.05) is 0 Å². The quantitative estimate of drug-likeness (QED) is 0.752. The molecule has 0 aliphatic rings. The molecule has 7 nitrogen and oxygen atoms in total. The Balaban J connectivity index is 2.91. The second-order valence-electron chi connectivity index (χ2n) is 4.69. The normalized spacial score (nSPS) is 12.2. The van der Waals surface area contributed by atoms with Crippen LogP contribution >= 0.6 is 0 Å². The zero-order valence-electron chi connectivity index (χ0n) is 10.3. The number of carboxylic acid groups (broad SMARTS) is 1. The first-order valence-electron chi connectivity index (χ1n) is 5.10. The van der Waals surface area contributed by atoms with Crippen molar-refractivity contribution in [2.24, 2.45) is 0 Å². The van der Waals surface area contributed by atoms with Gasteiger partial charge in [0.2, 0.25) is 0 Å². The zero-order valence-corrected chi connectivity index (χ0v) is 11.1. The fraction of sp³-hybridized carbons (Fsp3) is 0.400. The van der Waals surface area contributed by atoms with Crippen LogP contribution in [0, 0.1) is 0 Å². The third-order valence-electron chi connectivity index (χ3n) is 1.69. The SMILES string of the molecule is CC(C)(C)NS(=O)(=O)Nc1cc(C(=O)O)ccn1. The van der Waals surface area contributed by atoms with E-state index >= 15 is 0 Å². The molecule has 1 rings (SSSR count). The van der Waals surface area contributed by atoms with Crippen LogP contribution in [0.4, 0.5) is 5.82 Å². The fourth-order valence-electron chi connectivity index (χ4n) is 1.19. The van der Waals surface area contributed by atoms with Gasteiger partial charge in [0.05, 0.1) is 5.56 Å². The van der Waals surface area contributed by atoms with Gasteiger partial charge in [0.15, 0.2) is 0 Å². The van der Waals surface area contributed by atoms with Crippen LogP contribution in [0.3, 0.4) is 0 Å². The Morgan fingerprint density at radius 1 is 1.39 bits per heavy atom. The number of aromatic nitrogens is 1. The van der Waals surface area contributed by atoms with Crippen LogP contribution in [0.2, 0.25) is 0 Å². The van der Waals surface area contributed by atoms with Crippen LogP contribution in [0.5, 0.6) is 0 Å². The van der Waals surface area contributed by atoms with Gasteiger partial charge in [-0.3, -0.25) is 4.72 Å². The number of rotatable bonds is 4. The maximum Gasteiger partial charge on any atom is 0.335 e. The summed E-state index contributed by atoms with van der Waals surface area (Å²) < 4.78 is 27.9. The Hall–Kier alpha value is -1.67. The number of pyridine rings is 1. The summed E-state index contributed by atoms with van der Waals surface area (Å²) in [7, 11) is -3.79. The molecule has 3 N–H and O–H groups in total. The molecule has 0 saturated heterocycles. The fourth-order valence-corrected chi connectivity index (χ4v) is 2.43. The molecule has 1 heterocycles. The molecule has 0 saturated carbocycles. The number of carboxylic acids is 1. The molecule has 0 unspecified atom stereocenters.